The van der Waals surface area contributed by atoms with Gasteiger partial charge in [-0.15, -0.1) is 0 Å². The van der Waals surface area contributed by atoms with Gasteiger partial charge in [0, 0.05) is 33.4 Å². The summed E-state index contributed by atoms with van der Waals surface area (Å²) >= 11 is 0. The smallest absolute Gasteiger partial charge is 0.324 e. The molecule has 8 heteroatoms. The lowest BCUT2D eigenvalue weighted by Crippen LogP contribution is -2.40. The van der Waals surface area contributed by atoms with Crippen LogP contribution >= 0.6 is 0 Å². The summed E-state index contributed by atoms with van der Waals surface area (Å²) in [5, 5.41) is 4.16. The molecular weight excluding hydrogens is 356 g/mol. The maximum absolute atomic E-state index is 13.1. The van der Waals surface area contributed by atoms with Crippen LogP contribution in [0.4, 0.5) is 0 Å². The lowest BCUT2D eigenvalue weighted by molar-refractivity contribution is 0.322. The van der Waals surface area contributed by atoms with Crippen molar-refractivity contribution in [3.8, 4) is 0 Å². The highest BCUT2D eigenvalue weighted by Gasteiger charge is 2.19. The number of fused-ring (bicyclic) bond motifs is 1. The van der Waals surface area contributed by atoms with E-state index in [1.54, 1.807) is 18.1 Å². The quantitative estimate of drug-likeness (QED) is 0.650. The Kier molecular flexibility index (Phi) is 5.19. The zero-order chi connectivity index (χ0) is 19.7. The molecule has 4 rings (SSSR count). The molecule has 3 aromatic heterocycles. The predicted molar refractivity (Wildman–Crippen MR) is 107 cm³/mol. The highest BCUT2D eigenvalue weighted by atomic mass is 16.2. The number of nitrogens with zero attached hydrogens (tertiary/aromatic N) is 6. The third-order valence-corrected chi connectivity index (χ3v) is 5.89. The second-order valence-electron chi connectivity index (χ2n) is 8.00. The van der Waals surface area contributed by atoms with Gasteiger partial charge < -0.3 is 4.57 Å². The number of imidazole rings is 1. The molecule has 3 heterocycles. The molecule has 0 saturated heterocycles. The van der Waals surface area contributed by atoms with Gasteiger partial charge >= 0.3 is 5.69 Å². The maximum Gasteiger partial charge on any atom is 0.332 e. The van der Waals surface area contributed by atoms with Crippen LogP contribution in [0.5, 0.6) is 0 Å². The molecule has 0 N–H and O–H groups in total. The highest BCUT2D eigenvalue weighted by molar-refractivity contribution is 5.69. The van der Waals surface area contributed by atoms with Gasteiger partial charge in [0.1, 0.15) is 0 Å². The molecule has 0 aliphatic heterocycles. The third kappa shape index (κ3) is 3.55. The Labute approximate surface area is 163 Å². The number of aryl methyl sites for hydroxylation is 3. The first-order valence-corrected chi connectivity index (χ1v) is 10.2. The molecule has 0 aromatic carbocycles. The van der Waals surface area contributed by atoms with E-state index in [1.165, 1.54) is 41.2 Å². The normalized spacial score (nSPS) is 15.5. The molecule has 0 spiro atoms. The van der Waals surface area contributed by atoms with E-state index in [0.29, 0.717) is 30.0 Å². The van der Waals surface area contributed by atoms with Gasteiger partial charge in [-0.3, -0.25) is 18.6 Å². The van der Waals surface area contributed by atoms with E-state index in [2.05, 4.69) is 10.1 Å². The molecule has 28 heavy (non-hydrogen) atoms. The Bertz CT molecular complexity index is 1080. The minimum absolute atomic E-state index is 0.224. The minimum Gasteiger partial charge on any atom is -0.324 e. The summed E-state index contributed by atoms with van der Waals surface area (Å²) in [6, 6.07) is 0. The lowest BCUT2D eigenvalue weighted by Gasteiger charge is -2.22. The van der Waals surface area contributed by atoms with Crippen molar-refractivity contribution < 1.29 is 0 Å². The first-order chi connectivity index (χ1) is 13.5. The molecule has 0 radical (unpaired) electrons. The van der Waals surface area contributed by atoms with Crippen molar-refractivity contribution in [2.24, 2.45) is 20.0 Å². The monoisotopic (exact) mass is 384 g/mol. The molecule has 0 unspecified atom stereocenters. The summed E-state index contributed by atoms with van der Waals surface area (Å²) in [7, 11) is 3.57. The molecular formula is C20H28N6O2. The Morgan fingerprint density at radius 1 is 1.14 bits per heavy atom. The fraction of sp³-hybridized carbons (Fsp3) is 0.600. The maximum atomic E-state index is 13.1. The van der Waals surface area contributed by atoms with Gasteiger partial charge in [0.2, 0.25) is 0 Å². The first-order valence-electron chi connectivity index (χ1n) is 10.2. The summed E-state index contributed by atoms with van der Waals surface area (Å²) < 4.78 is 6.58. The van der Waals surface area contributed by atoms with E-state index < -0.39 is 0 Å². The average molecular weight is 384 g/mol. The van der Waals surface area contributed by atoms with Gasteiger partial charge in [0.05, 0.1) is 12.5 Å². The number of hydrogen-bond donors (Lipinski definition) is 0. The minimum atomic E-state index is -0.299. The van der Waals surface area contributed by atoms with Crippen LogP contribution in [0.25, 0.3) is 11.2 Å². The Balaban J connectivity index is 1.61. The highest BCUT2D eigenvalue weighted by Crippen LogP contribution is 2.25. The van der Waals surface area contributed by atoms with Crippen LogP contribution in [0.15, 0.2) is 28.3 Å². The van der Waals surface area contributed by atoms with Gasteiger partial charge in [-0.1, -0.05) is 19.3 Å². The predicted octanol–water partition coefficient (Wildman–Crippen LogP) is 1.84. The third-order valence-electron chi connectivity index (χ3n) is 5.89. The topological polar surface area (TPSA) is 79.6 Å². The van der Waals surface area contributed by atoms with Gasteiger partial charge in [-0.25, -0.2) is 9.78 Å². The van der Waals surface area contributed by atoms with Crippen LogP contribution in [0, 0.1) is 5.92 Å². The van der Waals surface area contributed by atoms with E-state index in [9.17, 15) is 9.59 Å². The van der Waals surface area contributed by atoms with Crippen molar-refractivity contribution in [1.82, 2.24) is 28.5 Å². The summed E-state index contributed by atoms with van der Waals surface area (Å²) in [5.74, 6) is 0.585. The Hall–Kier alpha value is -2.64. The van der Waals surface area contributed by atoms with Crippen molar-refractivity contribution in [2.45, 2.75) is 58.0 Å². The van der Waals surface area contributed by atoms with Gasteiger partial charge in [0.25, 0.3) is 5.56 Å². The standard InChI is InChI=1S/C20H28N6O2/c1-23-12-16(11-22-23)9-6-10-26-19(27)17-18(24(2)20(26)28)21-14-25(17)13-15-7-4-3-5-8-15/h11-12,14-15H,3-10,13H2,1-2H3. The fourth-order valence-corrected chi connectivity index (χ4v) is 4.35. The van der Waals surface area contributed by atoms with E-state index >= 15 is 0 Å². The molecule has 0 bridgehead atoms. The SMILES string of the molecule is Cn1cc(CCCn2c(=O)c3c(ncn3CC3CCCCC3)n(C)c2=O)cn1. The van der Waals surface area contributed by atoms with Crippen molar-refractivity contribution >= 4 is 11.2 Å². The molecule has 8 nitrogen and oxygen atoms in total. The molecule has 0 atom stereocenters. The van der Waals surface area contributed by atoms with Gasteiger partial charge in [0.15, 0.2) is 11.2 Å². The van der Waals surface area contributed by atoms with Gasteiger partial charge in [-0.2, -0.15) is 5.10 Å². The van der Waals surface area contributed by atoms with Crippen LogP contribution in [-0.4, -0.2) is 28.5 Å². The average Bonchev–Trinajstić information content (AvgIpc) is 3.30. The van der Waals surface area contributed by atoms with Crippen LogP contribution in [0.2, 0.25) is 0 Å². The van der Waals surface area contributed by atoms with Crippen molar-refractivity contribution in [3.63, 3.8) is 0 Å². The second-order valence-corrected chi connectivity index (χ2v) is 8.00. The van der Waals surface area contributed by atoms with Gasteiger partial charge in [-0.05, 0) is 37.2 Å². The van der Waals surface area contributed by atoms with Crippen molar-refractivity contribution in [1.29, 1.82) is 0 Å². The second kappa shape index (κ2) is 7.77. The Morgan fingerprint density at radius 2 is 1.93 bits per heavy atom. The summed E-state index contributed by atoms with van der Waals surface area (Å²) in [4.78, 5) is 30.2. The molecule has 1 aliphatic carbocycles. The zero-order valence-electron chi connectivity index (χ0n) is 16.7. The van der Waals surface area contributed by atoms with E-state index in [-0.39, 0.29) is 11.2 Å². The van der Waals surface area contributed by atoms with Crippen LogP contribution in [0.1, 0.15) is 44.1 Å². The lowest BCUT2D eigenvalue weighted by atomic mass is 9.89. The van der Waals surface area contributed by atoms with Crippen LogP contribution < -0.4 is 11.2 Å². The summed E-state index contributed by atoms with van der Waals surface area (Å²) in [6.45, 7) is 1.20. The zero-order valence-corrected chi connectivity index (χ0v) is 16.7. The largest absolute Gasteiger partial charge is 0.332 e. The molecule has 1 fully saturated rings. The van der Waals surface area contributed by atoms with Crippen molar-refractivity contribution in [3.05, 3.63) is 45.1 Å². The molecule has 3 aromatic rings. The number of hydrogen-bond acceptors (Lipinski definition) is 4. The molecule has 150 valence electrons. The first kappa shape index (κ1) is 18.7. The van der Waals surface area contributed by atoms with Crippen LogP contribution in [-0.2, 0) is 33.6 Å². The molecule has 1 saturated carbocycles. The molecule has 0 amide bonds. The Morgan fingerprint density at radius 3 is 2.64 bits per heavy atom. The molecule has 1 aliphatic rings. The number of rotatable bonds is 6. The number of aromatic nitrogens is 6. The van der Waals surface area contributed by atoms with Crippen molar-refractivity contribution in [2.75, 3.05) is 0 Å². The summed E-state index contributed by atoms with van der Waals surface area (Å²) in [6.07, 6.45) is 13.2. The van der Waals surface area contributed by atoms with E-state index in [4.69, 9.17) is 0 Å². The van der Waals surface area contributed by atoms with E-state index in [0.717, 1.165) is 18.5 Å². The van der Waals surface area contributed by atoms with Crippen LogP contribution in [0.3, 0.4) is 0 Å². The fourth-order valence-electron chi connectivity index (χ4n) is 4.35. The summed E-state index contributed by atoms with van der Waals surface area (Å²) in [5.41, 5.74) is 1.61. The van der Waals surface area contributed by atoms with E-state index in [1.807, 2.05) is 24.0 Å².